The lowest BCUT2D eigenvalue weighted by Gasteiger charge is -2.19. The standard InChI is InChI=1S/C14H21N5/c1-4-15-9-13-7-14(5-6-16-13)18(2)10-12-8-17-19(3)11-12/h5-8,11,15H,4,9-10H2,1-3H3. The maximum atomic E-state index is 4.36. The van der Waals surface area contributed by atoms with Gasteiger partial charge in [-0.15, -0.1) is 0 Å². The SMILES string of the molecule is CCNCc1cc(N(C)Cc2cnn(C)c2)ccn1. The second kappa shape index (κ2) is 6.33. The highest BCUT2D eigenvalue weighted by atomic mass is 15.2. The van der Waals surface area contributed by atoms with Crippen LogP contribution < -0.4 is 10.2 Å². The first-order valence-corrected chi connectivity index (χ1v) is 6.53. The predicted octanol–water partition coefficient (Wildman–Crippen LogP) is 1.56. The average Bonchev–Trinajstić information content (AvgIpc) is 2.82. The highest BCUT2D eigenvalue weighted by molar-refractivity contribution is 5.46. The molecule has 0 fully saturated rings. The molecular formula is C14H21N5. The third kappa shape index (κ3) is 3.79. The molecule has 0 bridgehead atoms. The van der Waals surface area contributed by atoms with E-state index >= 15 is 0 Å². The van der Waals surface area contributed by atoms with Crippen molar-refractivity contribution in [1.82, 2.24) is 20.1 Å². The average molecular weight is 259 g/mol. The Kier molecular flexibility index (Phi) is 4.52. The summed E-state index contributed by atoms with van der Waals surface area (Å²) in [4.78, 5) is 6.57. The fraction of sp³-hybridized carbons (Fsp3) is 0.429. The van der Waals surface area contributed by atoms with E-state index in [0.717, 1.165) is 25.3 Å². The normalized spacial score (nSPS) is 10.7. The van der Waals surface area contributed by atoms with E-state index in [1.165, 1.54) is 11.3 Å². The Morgan fingerprint density at radius 3 is 2.95 bits per heavy atom. The van der Waals surface area contributed by atoms with E-state index < -0.39 is 0 Å². The minimum absolute atomic E-state index is 0.811. The summed E-state index contributed by atoms with van der Waals surface area (Å²) in [5.41, 5.74) is 3.44. The summed E-state index contributed by atoms with van der Waals surface area (Å²) < 4.78 is 1.83. The Balaban J connectivity index is 2.03. The molecule has 0 spiro atoms. The lowest BCUT2D eigenvalue weighted by molar-refractivity contribution is 0.710. The number of pyridine rings is 1. The first-order valence-electron chi connectivity index (χ1n) is 6.53. The fourth-order valence-corrected chi connectivity index (χ4v) is 1.97. The van der Waals surface area contributed by atoms with Crippen LogP contribution in [0.4, 0.5) is 5.69 Å². The molecule has 0 saturated carbocycles. The molecule has 0 aromatic carbocycles. The van der Waals surface area contributed by atoms with E-state index in [-0.39, 0.29) is 0 Å². The van der Waals surface area contributed by atoms with Crippen molar-refractivity contribution in [2.75, 3.05) is 18.5 Å². The van der Waals surface area contributed by atoms with Gasteiger partial charge in [-0.1, -0.05) is 6.92 Å². The van der Waals surface area contributed by atoms with E-state index in [1.54, 1.807) is 0 Å². The Hall–Kier alpha value is -1.88. The van der Waals surface area contributed by atoms with Gasteiger partial charge in [0.05, 0.1) is 11.9 Å². The second-order valence-electron chi connectivity index (χ2n) is 4.66. The first kappa shape index (κ1) is 13.5. The summed E-state index contributed by atoms with van der Waals surface area (Å²) in [7, 11) is 4.02. The van der Waals surface area contributed by atoms with Gasteiger partial charge in [0.2, 0.25) is 0 Å². The number of rotatable bonds is 6. The summed E-state index contributed by atoms with van der Waals surface area (Å²) in [6, 6.07) is 4.16. The minimum Gasteiger partial charge on any atom is -0.370 e. The molecule has 2 aromatic heterocycles. The van der Waals surface area contributed by atoms with Crippen molar-refractivity contribution >= 4 is 5.69 Å². The molecule has 5 heteroatoms. The molecule has 0 saturated heterocycles. The van der Waals surface area contributed by atoms with E-state index in [4.69, 9.17) is 0 Å². The summed E-state index contributed by atoms with van der Waals surface area (Å²) in [6.07, 6.45) is 5.80. The van der Waals surface area contributed by atoms with E-state index in [0.29, 0.717) is 0 Å². The van der Waals surface area contributed by atoms with Crippen molar-refractivity contribution in [1.29, 1.82) is 0 Å². The third-order valence-corrected chi connectivity index (χ3v) is 2.98. The molecule has 0 radical (unpaired) electrons. The van der Waals surface area contributed by atoms with Crippen molar-refractivity contribution in [2.45, 2.75) is 20.0 Å². The summed E-state index contributed by atoms with van der Waals surface area (Å²) in [5, 5.41) is 7.48. The van der Waals surface area contributed by atoms with Gasteiger partial charge < -0.3 is 10.2 Å². The van der Waals surface area contributed by atoms with E-state index in [1.807, 2.05) is 36.4 Å². The van der Waals surface area contributed by atoms with Gasteiger partial charge in [0, 0.05) is 50.8 Å². The number of nitrogens with one attached hydrogen (secondary N) is 1. The van der Waals surface area contributed by atoms with Crippen LogP contribution in [0.2, 0.25) is 0 Å². The molecule has 0 aliphatic heterocycles. The zero-order valence-electron chi connectivity index (χ0n) is 11.8. The molecule has 2 heterocycles. The molecule has 5 nitrogen and oxygen atoms in total. The summed E-state index contributed by atoms with van der Waals surface area (Å²) in [6.45, 7) is 4.71. The van der Waals surface area contributed by atoms with Crippen LogP contribution in [0.5, 0.6) is 0 Å². The van der Waals surface area contributed by atoms with Crippen molar-refractivity contribution in [3.05, 3.63) is 42.0 Å². The molecule has 19 heavy (non-hydrogen) atoms. The molecule has 0 aliphatic carbocycles. The molecule has 2 rings (SSSR count). The summed E-state index contributed by atoms with van der Waals surface area (Å²) >= 11 is 0. The van der Waals surface area contributed by atoms with Crippen LogP contribution in [0.1, 0.15) is 18.2 Å². The summed E-state index contributed by atoms with van der Waals surface area (Å²) in [5.74, 6) is 0. The van der Waals surface area contributed by atoms with Gasteiger partial charge in [0.25, 0.3) is 0 Å². The molecular weight excluding hydrogens is 238 g/mol. The highest BCUT2D eigenvalue weighted by Crippen LogP contribution is 2.15. The van der Waals surface area contributed by atoms with Gasteiger partial charge in [-0.2, -0.15) is 5.10 Å². The smallest absolute Gasteiger partial charge is 0.0562 e. The molecule has 0 amide bonds. The number of aromatic nitrogens is 3. The fourth-order valence-electron chi connectivity index (χ4n) is 1.97. The van der Waals surface area contributed by atoms with Crippen molar-refractivity contribution in [3.8, 4) is 0 Å². The monoisotopic (exact) mass is 259 g/mol. The van der Waals surface area contributed by atoms with Crippen LogP contribution >= 0.6 is 0 Å². The molecule has 102 valence electrons. The first-order chi connectivity index (χ1) is 9.19. The Bertz CT molecular complexity index is 520. The van der Waals surface area contributed by atoms with Crippen LogP contribution in [-0.2, 0) is 20.1 Å². The van der Waals surface area contributed by atoms with Gasteiger partial charge in [-0.3, -0.25) is 9.67 Å². The van der Waals surface area contributed by atoms with Crippen molar-refractivity contribution < 1.29 is 0 Å². The molecule has 0 unspecified atom stereocenters. The maximum Gasteiger partial charge on any atom is 0.0562 e. The minimum atomic E-state index is 0.811. The Labute approximate surface area is 114 Å². The highest BCUT2D eigenvalue weighted by Gasteiger charge is 2.05. The topological polar surface area (TPSA) is 46.0 Å². The van der Waals surface area contributed by atoms with Gasteiger partial charge in [0.15, 0.2) is 0 Å². The van der Waals surface area contributed by atoms with Crippen LogP contribution in [-0.4, -0.2) is 28.4 Å². The number of nitrogens with zero attached hydrogens (tertiary/aromatic N) is 4. The van der Waals surface area contributed by atoms with Crippen molar-refractivity contribution in [2.24, 2.45) is 7.05 Å². The number of hydrogen-bond acceptors (Lipinski definition) is 4. The Morgan fingerprint density at radius 2 is 2.26 bits per heavy atom. The number of anilines is 1. The van der Waals surface area contributed by atoms with Crippen molar-refractivity contribution in [3.63, 3.8) is 0 Å². The molecule has 1 N–H and O–H groups in total. The molecule has 0 atom stereocenters. The van der Waals surface area contributed by atoms with Crippen LogP contribution in [0.15, 0.2) is 30.7 Å². The lowest BCUT2D eigenvalue weighted by atomic mass is 10.2. The largest absolute Gasteiger partial charge is 0.370 e. The molecule has 2 aromatic rings. The van der Waals surface area contributed by atoms with E-state index in [2.05, 4.69) is 40.3 Å². The zero-order chi connectivity index (χ0) is 13.7. The van der Waals surface area contributed by atoms with Crippen LogP contribution in [0.25, 0.3) is 0 Å². The Morgan fingerprint density at radius 1 is 1.42 bits per heavy atom. The quantitative estimate of drug-likeness (QED) is 0.855. The third-order valence-electron chi connectivity index (χ3n) is 2.98. The van der Waals surface area contributed by atoms with E-state index in [9.17, 15) is 0 Å². The molecule has 0 aliphatic rings. The number of aryl methyl sites for hydroxylation is 1. The second-order valence-corrected chi connectivity index (χ2v) is 4.66. The lowest BCUT2D eigenvalue weighted by Crippen LogP contribution is -2.17. The van der Waals surface area contributed by atoms with Gasteiger partial charge >= 0.3 is 0 Å². The van der Waals surface area contributed by atoms with Crippen LogP contribution in [0.3, 0.4) is 0 Å². The van der Waals surface area contributed by atoms with Crippen LogP contribution in [0, 0.1) is 0 Å². The van der Waals surface area contributed by atoms with Gasteiger partial charge in [-0.25, -0.2) is 0 Å². The maximum absolute atomic E-state index is 4.36. The zero-order valence-corrected chi connectivity index (χ0v) is 11.8. The number of hydrogen-bond donors (Lipinski definition) is 1. The van der Waals surface area contributed by atoms with Gasteiger partial charge in [-0.05, 0) is 18.7 Å². The van der Waals surface area contributed by atoms with Gasteiger partial charge in [0.1, 0.15) is 0 Å². The predicted molar refractivity (Wildman–Crippen MR) is 76.9 cm³/mol.